The van der Waals surface area contributed by atoms with Crippen LogP contribution >= 0.6 is 0 Å². The molecule has 2 saturated carbocycles. The van der Waals surface area contributed by atoms with Crippen LogP contribution < -0.4 is 5.73 Å². The van der Waals surface area contributed by atoms with Crippen molar-refractivity contribution in [3.05, 3.63) is 12.3 Å². The summed E-state index contributed by atoms with van der Waals surface area (Å²) in [4.78, 5) is 2.49. The van der Waals surface area contributed by atoms with Crippen molar-refractivity contribution < 1.29 is 0 Å². The molecule has 1 aliphatic heterocycles. The van der Waals surface area contributed by atoms with E-state index in [1.807, 2.05) is 0 Å². The van der Waals surface area contributed by atoms with Crippen LogP contribution in [0.25, 0.3) is 0 Å². The molecule has 0 amide bonds. The summed E-state index contributed by atoms with van der Waals surface area (Å²) in [6.07, 6.45) is 2.62. The lowest BCUT2D eigenvalue weighted by Crippen LogP contribution is -2.14. The number of nitrogens with zero attached hydrogens (tertiary/aromatic N) is 1. The lowest BCUT2D eigenvalue weighted by molar-refractivity contribution is 0.429. The number of nitrogens with two attached hydrogens (primary N) is 1. The number of hydrogen-bond donors (Lipinski definition) is 1. The summed E-state index contributed by atoms with van der Waals surface area (Å²) in [6, 6.07) is 1.73. The fraction of sp³-hybridized carbons (Fsp3) is 0.857. The van der Waals surface area contributed by atoms with Gasteiger partial charge < -0.3 is 10.6 Å². The highest BCUT2D eigenvalue weighted by Crippen LogP contribution is 2.61. The zero-order valence-electron chi connectivity index (χ0n) is 10.7. The highest BCUT2D eigenvalue weighted by atomic mass is 15.4. The molecule has 1 heterocycles. The van der Waals surface area contributed by atoms with E-state index in [0.717, 1.165) is 23.7 Å². The maximum absolute atomic E-state index is 6.25. The zero-order chi connectivity index (χ0) is 11.6. The van der Waals surface area contributed by atoms with Gasteiger partial charge in [0.2, 0.25) is 0 Å². The van der Waals surface area contributed by atoms with E-state index >= 15 is 0 Å². The molecule has 0 spiro atoms. The maximum atomic E-state index is 6.25. The fourth-order valence-corrected chi connectivity index (χ4v) is 3.83. The van der Waals surface area contributed by atoms with E-state index < -0.39 is 0 Å². The Morgan fingerprint density at radius 3 is 2.62 bits per heavy atom. The average molecular weight is 220 g/mol. The standard InChI is InChI=1S/C14H24N2/c1-5-11-8(4)16(11)14-12(13(14)15)10-6-9(10)7(2)3/h7,9-14H,4-6,15H2,1-3H3/t9?,10?,11?,12?,13?,14-,16?/m1/s1. The lowest BCUT2D eigenvalue weighted by atomic mass is 10.1. The molecular formula is C14H24N2. The summed E-state index contributed by atoms with van der Waals surface area (Å²) in [5.41, 5.74) is 7.59. The summed E-state index contributed by atoms with van der Waals surface area (Å²) < 4.78 is 0. The van der Waals surface area contributed by atoms with Gasteiger partial charge in [-0.3, -0.25) is 0 Å². The van der Waals surface area contributed by atoms with E-state index in [9.17, 15) is 0 Å². The normalized spacial score (nSPS) is 49.8. The van der Waals surface area contributed by atoms with Gasteiger partial charge in [0.1, 0.15) is 0 Å². The molecule has 3 fully saturated rings. The van der Waals surface area contributed by atoms with Gasteiger partial charge in [-0.2, -0.15) is 0 Å². The highest BCUT2D eigenvalue weighted by Gasteiger charge is 2.65. The Morgan fingerprint density at radius 1 is 1.50 bits per heavy atom. The van der Waals surface area contributed by atoms with Crippen LogP contribution in [0.1, 0.15) is 33.6 Å². The second-order valence-corrected chi connectivity index (χ2v) is 6.28. The molecule has 0 aromatic heterocycles. The minimum absolute atomic E-state index is 0.432. The first-order chi connectivity index (χ1) is 7.57. The Morgan fingerprint density at radius 2 is 2.19 bits per heavy atom. The first-order valence-electron chi connectivity index (χ1n) is 6.80. The van der Waals surface area contributed by atoms with Gasteiger partial charge in [0.05, 0.1) is 6.04 Å². The molecule has 3 aliphatic rings. The van der Waals surface area contributed by atoms with Gasteiger partial charge in [0, 0.05) is 23.7 Å². The number of rotatable bonds is 4. The first-order valence-corrected chi connectivity index (χ1v) is 6.80. The molecule has 2 N–H and O–H groups in total. The second-order valence-electron chi connectivity index (χ2n) is 6.28. The van der Waals surface area contributed by atoms with Crippen LogP contribution in [-0.4, -0.2) is 23.0 Å². The molecule has 6 atom stereocenters. The zero-order valence-corrected chi connectivity index (χ0v) is 10.7. The molecule has 2 heteroatoms. The highest BCUT2D eigenvalue weighted by molar-refractivity contribution is 5.32. The molecule has 5 unspecified atom stereocenters. The van der Waals surface area contributed by atoms with E-state index in [4.69, 9.17) is 5.73 Å². The minimum Gasteiger partial charge on any atom is -0.360 e. The van der Waals surface area contributed by atoms with Gasteiger partial charge >= 0.3 is 0 Å². The Kier molecular flexibility index (Phi) is 2.16. The van der Waals surface area contributed by atoms with Crippen molar-refractivity contribution in [1.82, 2.24) is 4.90 Å². The molecular weight excluding hydrogens is 196 g/mol. The van der Waals surface area contributed by atoms with E-state index in [-0.39, 0.29) is 0 Å². The van der Waals surface area contributed by atoms with Crippen molar-refractivity contribution >= 4 is 0 Å². The van der Waals surface area contributed by atoms with Crippen LogP contribution in [-0.2, 0) is 0 Å². The summed E-state index contributed by atoms with van der Waals surface area (Å²) in [5, 5.41) is 0. The van der Waals surface area contributed by atoms with Crippen LogP contribution in [0, 0.1) is 23.7 Å². The second kappa shape index (κ2) is 3.25. The molecule has 0 aromatic carbocycles. The topological polar surface area (TPSA) is 29.0 Å². The van der Waals surface area contributed by atoms with Crippen molar-refractivity contribution in [2.45, 2.75) is 51.7 Å². The molecule has 0 aromatic rings. The van der Waals surface area contributed by atoms with Crippen molar-refractivity contribution in [2.75, 3.05) is 0 Å². The fourth-order valence-electron chi connectivity index (χ4n) is 3.83. The van der Waals surface area contributed by atoms with Gasteiger partial charge in [-0.25, -0.2) is 0 Å². The van der Waals surface area contributed by atoms with Gasteiger partial charge in [-0.15, -0.1) is 0 Å². The predicted octanol–water partition coefficient (Wildman–Crippen LogP) is 2.21. The largest absolute Gasteiger partial charge is 0.360 e. The smallest absolute Gasteiger partial charge is 0.0683 e. The summed E-state index contributed by atoms with van der Waals surface area (Å²) in [6.45, 7) is 11.1. The number of hydrogen-bond acceptors (Lipinski definition) is 2. The molecule has 2 aliphatic carbocycles. The Hall–Kier alpha value is -0.500. The summed E-state index contributed by atoms with van der Waals surface area (Å²) >= 11 is 0. The van der Waals surface area contributed by atoms with E-state index in [0.29, 0.717) is 18.1 Å². The molecule has 2 nitrogen and oxygen atoms in total. The first kappa shape index (κ1) is 10.6. The molecule has 3 rings (SSSR count). The van der Waals surface area contributed by atoms with Gasteiger partial charge in [-0.05, 0) is 30.6 Å². The van der Waals surface area contributed by atoms with Gasteiger partial charge in [-0.1, -0.05) is 27.4 Å². The molecule has 0 radical (unpaired) electrons. The van der Waals surface area contributed by atoms with Crippen LogP contribution in [0.4, 0.5) is 0 Å². The van der Waals surface area contributed by atoms with E-state index in [2.05, 4.69) is 32.3 Å². The van der Waals surface area contributed by atoms with Crippen LogP contribution in [0.3, 0.4) is 0 Å². The van der Waals surface area contributed by atoms with Crippen molar-refractivity contribution in [3.8, 4) is 0 Å². The molecule has 1 saturated heterocycles. The Labute approximate surface area is 98.9 Å². The average Bonchev–Trinajstić information content (AvgIpc) is 3.06. The molecule has 16 heavy (non-hydrogen) atoms. The van der Waals surface area contributed by atoms with Crippen molar-refractivity contribution in [3.63, 3.8) is 0 Å². The summed E-state index contributed by atoms with van der Waals surface area (Å²) in [5.74, 6) is 3.50. The Bertz CT molecular complexity index is 323. The van der Waals surface area contributed by atoms with E-state index in [1.54, 1.807) is 0 Å². The quantitative estimate of drug-likeness (QED) is 0.736. The van der Waals surface area contributed by atoms with Crippen LogP contribution in [0.2, 0.25) is 0 Å². The van der Waals surface area contributed by atoms with Crippen molar-refractivity contribution in [1.29, 1.82) is 0 Å². The SMILES string of the molecule is C=C1C(CC)N1[C@H]1C(N)C1C1CC1C(C)C. The lowest BCUT2D eigenvalue weighted by Gasteiger charge is -2.04. The maximum Gasteiger partial charge on any atom is 0.0683 e. The third kappa shape index (κ3) is 1.35. The third-order valence-electron chi connectivity index (χ3n) is 5.03. The third-order valence-corrected chi connectivity index (χ3v) is 5.03. The van der Waals surface area contributed by atoms with Crippen LogP contribution in [0.5, 0.6) is 0 Å². The van der Waals surface area contributed by atoms with Crippen molar-refractivity contribution in [2.24, 2.45) is 29.4 Å². The van der Waals surface area contributed by atoms with Gasteiger partial charge in [0.15, 0.2) is 0 Å². The predicted molar refractivity (Wildman–Crippen MR) is 66.7 cm³/mol. The monoisotopic (exact) mass is 220 g/mol. The van der Waals surface area contributed by atoms with Crippen LogP contribution in [0.15, 0.2) is 12.3 Å². The van der Waals surface area contributed by atoms with E-state index in [1.165, 1.54) is 18.5 Å². The summed E-state index contributed by atoms with van der Waals surface area (Å²) in [7, 11) is 0. The minimum atomic E-state index is 0.432. The Balaban J connectivity index is 1.59. The molecule has 90 valence electrons. The van der Waals surface area contributed by atoms with Gasteiger partial charge in [0.25, 0.3) is 0 Å². The molecule has 0 bridgehead atoms.